The summed E-state index contributed by atoms with van der Waals surface area (Å²) in [5.74, 6) is 0.304. The van der Waals surface area contributed by atoms with Crippen molar-refractivity contribution in [1.82, 2.24) is 0 Å². The fourth-order valence-corrected chi connectivity index (χ4v) is 3.53. The van der Waals surface area contributed by atoms with Gasteiger partial charge in [-0.05, 0) is 48.1 Å². The smallest absolute Gasteiger partial charge is 0.115 e. The van der Waals surface area contributed by atoms with Crippen molar-refractivity contribution in [2.24, 2.45) is 11.1 Å². The average molecular weight is 297 g/mol. The van der Waals surface area contributed by atoms with Gasteiger partial charge in [-0.2, -0.15) is 0 Å². The van der Waals surface area contributed by atoms with E-state index >= 15 is 0 Å². The van der Waals surface area contributed by atoms with Gasteiger partial charge in [-0.15, -0.1) is 0 Å². The van der Waals surface area contributed by atoms with Gasteiger partial charge in [0.25, 0.3) is 0 Å². The van der Waals surface area contributed by atoms with Gasteiger partial charge >= 0.3 is 0 Å². The summed E-state index contributed by atoms with van der Waals surface area (Å²) >= 11 is 0. The molecule has 0 saturated heterocycles. The number of hydrogen-bond acceptors (Lipinski definition) is 2. The van der Waals surface area contributed by atoms with E-state index in [-0.39, 0.29) is 10.8 Å². The summed E-state index contributed by atoms with van der Waals surface area (Å²) in [6, 6.07) is 18.3. The Labute approximate surface area is 134 Å². The number of hydrogen-bond donors (Lipinski definition) is 2. The second-order valence-electron chi connectivity index (χ2n) is 6.96. The van der Waals surface area contributed by atoms with E-state index in [0.29, 0.717) is 12.3 Å². The zero-order valence-corrected chi connectivity index (χ0v) is 13.8. The number of phenols is 1. The molecule has 2 rings (SSSR count). The van der Waals surface area contributed by atoms with Crippen LogP contribution in [0.3, 0.4) is 0 Å². The lowest BCUT2D eigenvalue weighted by molar-refractivity contribution is 0.209. The summed E-state index contributed by atoms with van der Waals surface area (Å²) in [5, 5.41) is 9.65. The van der Waals surface area contributed by atoms with Crippen molar-refractivity contribution in [1.29, 1.82) is 0 Å². The maximum absolute atomic E-state index is 9.65. The molecular formula is C20H27NO. The minimum absolute atomic E-state index is 0.0283. The Bertz CT molecular complexity index is 583. The SMILES string of the molecule is CC(C)(C)C(CCCN)(c1ccccc1)c1ccc(O)cc1. The monoisotopic (exact) mass is 297 g/mol. The second-order valence-corrected chi connectivity index (χ2v) is 6.96. The Balaban J connectivity index is 2.67. The Morgan fingerprint density at radius 3 is 1.91 bits per heavy atom. The Hall–Kier alpha value is -1.80. The van der Waals surface area contributed by atoms with Gasteiger partial charge in [0.1, 0.15) is 5.75 Å². The molecule has 22 heavy (non-hydrogen) atoms. The number of aromatic hydroxyl groups is 1. The molecule has 0 aliphatic heterocycles. The third-order valence-corrected chi connectivity index (χ3v) is 4.66. The average Bonchev–Trinajstić information content (AvgIpc) is 2.49. The molecule has 2 nitrogen and oxygen atoms in total. The normalized spacial score (nSPS) is 14.5. The molecule has 0 bridgehead atoms. The summed E-state index contributed by atoms with van der Waals surface area (Å²) in [7, 11) is 0. The van der Waals surface area contributed by atoms with E-state index in [9.17, 15) is 5.11 Å². The van der Waals surface area contributed by atoms with E-state index in [2.05, 4.69) is 51.1 Å². The standard InChI is InChI=1S/C20H27NO/c1-19(2,3)20(14-7-15-21,16-8-5-4-6-9-16)17-10-12-18(22)13-11-17/h4-6,8-13,22H,7,14-15,21H2,1-3H3. The molecule has 2 aromatic rings. The van der Waals surface area contributed by atoms with Gasteiger partial charge in [-0.25, -0.2) is 0 Å². The van der Waals surface area contributed by atoms with E-state index in [4.69, 9.17) is 5.73 Å². The lowest BCUT2D eigenvalue weighted by Gasteiger charge is -2.46. The van der Waals surface area contributed by atoms with Crippen molar-refractivity contribution in [3.63, 3.8) is 0 Å². The molecule has 0 aliphatic carbocycles. The molecular weight excluding hydrogens is 270 g/mol. The Morgan fingerprint density at radius 1 is 0.864 bits per heavy atom. The number of rotatable bonds is 5. The van der Waals surface area contributed by atoms with Gasteiger partial charge in [0.05, 0.1) is 0 Å². The minimum atomic E-state index is -0.124. The van der Waals surface area contributed by atoms with E-state index < -0.39 is 0 Å². The maximum atomic E-state index is 9.65. The Morgan fingerprint density at radius 2 is 1.41 bits per heavy atom. The first-order valence-corrected chi connectivity index (χ1v) is 7.97. The lowest BCUT2D eigenvalue weighted by Crippen LogP contribution is -2.41. The van der Waals surface area contributed by atoms with Crippen LogP contribution in [0.4, 0.5) is 0 Å². The van der Waals surface area contributed by atoms with Crippen LogP contribution < -0.4 is 5.73 Å². The highest BCUT2D eigenvalue weighted by Crippen LogP contribution is 2.50. The third kappa shape index (κ3) is 3.02. The molecule has 0 heterocycles. The van der Waals surface area contributed by atoms with Crippen LogP contribution in [0.2, 0.25) is 0 Å². The van der Waals surface area contributed by atoms with Crippen LogP contribution >= 0.6 is 0 Å². The minimum Gasteiger partial charge on any atom is -0.508 e. The molecule has 1 atom stereocenters. The highest BCUT2D eigenvalue weighted by molar-refractivity contribution is 5.43. The van der Waals surface area contributed by atoms with Crippen molar-refractivity contribution >= 4 is 0 Å². The summed E-state index contributed by atoms with van der Waals surface area (Å²) < 4.78 is 0. The summed E-state index contributed by atoms with van der Waals surface area (Å²) in [6.07, 6.45) is 1.95. The van der Waals surface area contributed by atoms with Crippen LogP contribution in [0, 0.1) is 5.41 Å². The van der Waals surface area contributed by atoms with Crippen molar-refractivity contribution in [2.45, 2.75) is 39.0 Å². The number of nitrogens with two attached hydrogens (primary N) is 1. The highest BCUT2D eigenvalue weighted by atomic mass is 16.3. The summed E-state index contributed by atoms with van der Waals surface area (Å²) in [5.41, 5.74) is 8.26. The predicted octanol–water partition coefficient (Wildman–Crippen LogP) is 4.46. The van der Waals surface area contributed by atoms with Crippen LogP contribution in [0.15, 0.2) is 54.6 Å². The lowest BCUT2D eigenvalue weighted by atomic mass is 9.57. The van der Waals surface area contributed by atoms with Crippen molar-refractivity contribution in [3.8, 4) is 5.75 Å². The molecule has 3 N–H and O–H groups in total. The fourth-order valence-electron chi connectivity index (χ4n) is 3.53. The second kappa shape index (κ2) is 6.53. The van der Waals surface area contributed by atoms with E-state index in [1.165, 1.54) is 11.1 Å². The van der Waals surface area contributed by atoms with E-state index in [0.717, 1.165) is 12.8 Å². The van der Waals surface area contributed by atoms with Gasteiger partial charge in [-0.3, -0.25) is 0 Å². The zero-order chi connectivity index (χ0) is 16.2. The summed E-state index contributed by atoms with van der Waals surface area (Å²) in [6.45, 7) is 7.53. The highest BCUT2D eigenvalue weighted by Gasteiger charge is 2.44. The Kier molecular flexibility index (Phi) is 4.92. The maximum Gasteiger partial charge on any atom is 0.115 e. The van der Waals surface area contributed by atoms with Gasteiger partial charge in [0, 0.05) is 5.41 Å². The quantitative estimate of drug-likeness (QED) is 0.855. The van der Waals surface area contributed by atoms with Crippen LogP contribution in [-0.4, -0.2) is 11.7 Å². The van der Waals surface area contributed by atoms with Crippen molar-refractivity contribution < 1.29 is 5.11 Å². The fraction of sp³-hybridized carbons (Fsp3) is 0.400. The van der Waals surface area contributed by atoms with Gasteiger partial charge in [0.15, 0.2) is 0 Å². The molecule has 1 unspecified atom stereocenters. The van der Waals surface area contributed by atoms with Gasteiger partial charge < -0.3 is 10.8 Å². The molecule has 0 spiro atoms. The molecule has 118 valence electrons. The zero-order valence-electron chi connectivity index (χ0n) is 13.8. The molecule has 2 heteroatoms. The number of phenolic OH excluding ortho intramolecular Hbond substituents is 1. The predicted molar refractivity (Wildman–Crippen MR) is 93.1 cm³/mol. The van der Waals surface area contributed by atoms with Gasteiger partial charge in [0.2, 0.25) is 0 Å². The molecule has 0 aliphatic rings. The van der Waals surface area contributed by atoms with Crippen LogP contribution in [0.5, 0.6) is 5.75 Å². The van der Waals surface area contributed by atoms with Crippen molar-refractivity contribution in [3.05, 3.63) is 65.7 Å². The van der Waals surface area contributed by atoms with Crippen molar-refractivity contribution in [2.75, 3.05) is 6.54 Å². The molecule has 0 aromatic heterocycles. The van der Waals surface area contributed by atoms with E-state index in [1.54, 1.807) is 12.1 Å². The van der Waals surface area contributed by atoms with Crippen LogP contribution in [0.25, 0.3) is 0 Å². The van der Waals surface area contributed by atoms with Gasteiger partial charge in [-0.1, -0.05) is 63.2 Å². The van der Waals surface area contributed by atoms with E-state index in [1.807, 2.05) is 12.1 Å². The molecule has 0 amide bonds. The number of benzene rings is 2. The topological polar surface area (TPSA) is 46.2 Å². The first-order chi connectivity index (χ1) is 10.4. The third-order valence-electron chi connectivity index (χ3n) is 4.66. The first-order valence-electron chi connectivity index (χ1n) is 7.97. The first kappa shape index (κ1) is 16.6. The molecule has 0 radical (unpaired) electrons. The largest absolute Gasteiger partial charge is 0.508 e. The van der Waals surface area contributed by atoms with Crippen LogP contribution in [0.1, 0.15) is 44.7 Å². The molecule has 0 fully saturated rings. The molecule has 2 aromatic carbocycles. The molecule has 0 saturated carbocycles. The van der Waals surface area contributed by atoms with Crippen LogP contribution in [-0.2, 0) is 5.41 Å². The summed E-state index contributed by atoms with van der Waals surface area (Å²) in [4.78, 5) is 0.